The van der Waals surface area contributed by atoms with E-state index in [1.54, 1.807) is 39.1 Å². The predicted molar refractivity (Wildman–Crippen MR) is 117 cm³/mol. The van der Waals surface area contributed by atoms with Crippen LogP contribution in [0, 0.1) is 0 Å². The molecule has 2 aromatic carbocycles. The summed E-state index contributed by atoms with van der Waals surface area (Å²) in [5.41, 5.74) is 2.31. The lowest BCUT2D eigenvalue weighted by molar-refractivity contribution is -0.121. The molecule has 8 heteroatoms. The fourth-order valence-electron chi connectivity index (χ4n) is 3.60. The van der Waals surface area contributed by atoms with Crippen molar-refractivity contribution in [2.75, 3.05) is 30.9 Å². The van der Waals surface area contributed by atoms with E-state index in [1.807, 2.05) is 19.1 Å². The van der Waals surface area contributed by atoms with E-state index in [1.165, 1.54) is 24.1 Å². The molecule has 1 N–H and O–H groups in total. The van der Waals surface area contributed by atoms with Gasteiger partial charge in [0, 0.05) is 25.5 Å². The first-order valence-electron chi connectivity index (χ1n) is 9.76. The van der Waals surface area contributed by atoms with Crippen LogP contribution in [0.1, 0.15) is 31.9 Å². The van der Waals surface area contributed by atoms with Crippen LogP contribution in [0.5, 0.6) is 0 Å². The number of fused-ring (bicyclic) bond motifs is 1. The van der Waals surface area contributed by atoms with E-state index < -0.39 is 21.3 Å². The number of nitrogens with zero attached hydrogens (tertiary/aromatic N) is 2. The summed E-state index contributed by atoms with van der Waals surface area (Å²) in [6, 6.07) is 12.1. The van der Waals surface area contributed by atoms with Crippen molar-refractivity contribution in [2.45, 2.75) is 37.5 Å². The maximum Gasteiger partial charge on any atom is 0.243 e. The Morgan fingerprint density at radius 1 is 1.13 bits per heavy atom. The summed E-state index contributed by atoms with van der Waals surface area (Å²) in [6.45, 7) is 5.27. The molecule has 3 rings (SSSR count). The molecular weight excluding hydrogens is 402 g/mol. The zero-order chi connectivity index (χ0) is 22.3. The molecule has 0 saturated carbocycles. The van der Waals surface area contributed by atoms with Crippen molar-refractivity contribution in [3.8, 4) is 0 Å². The first-order chi connectivity index (χ1) is 14.0. The third kappa shape index (κ3) is 3.85. The largest absolute Gasteiger partial charge is 0.325 e. The third-order valence-corrected chi connectivity index (χ3v) is 7.36. The van der Waals surface area contributed by atoms with E-state index in [0.717, 1.165) is 16.3 Å². The SMILES string of the molecule is CCc1ccc(NC(=O)CN(C)S(=O)(=O)c2ccc3c(c2)C(C)(C)C(=O)N3C)cc1. The molecule has 160 valence electrons. The average Bonchev–Trinajstić information content (AvgIpc) is 2.88. The van der Waals surface area contributed by atoms with Gasteiger partial charge in [-0.05, 0) is 61.7 Å². The molecule has 0 spiro atoms. The van der Waals surface area contributed by atoms with E-state index in [-0.39, 0.29) is 17.3 Å². The maximum atomic E-state index is 13.0. The Morgan fingerprint density at radius 2 is 1.77 bits per heavy atom. The van der Waals surface area contributed by atoms with Crippen LogP contribution in [0.4, 0.5) is 11.4 Å². The highest BCUT2D eigenvalue weighted by Gasteiger charge is 2.43. The van der Waals surface area contributed by atoms with Gasteiger partial charge in [0.2, 0.25) is 21.8 Å². The average molecular weight is 430 g/mol. The van der Waals surface area contributed by atoms with Crippen LogP contribution in [0.3, 0.4) is 0 Å². The molecule has 1 aliphatic rings. The van der Waals surface area contributed by atoms with Gasteiger partial charge in [-0.15, -0.1) is 0 Å². The molecule has 2 aromatic rings. The molecule has 0 bridgehead atoms. The smallest absolute Gasteiger partial charge is 0.243 e. The number of carbonyl (C=O) groups excluding carboxylic acids is 2. The minimum atomic E-state index is -3.90. The second kappa shape index (κ2) is 7.85. The summed E-state index contributed by atoms with van der Waals surface area (Å²) in [6.07, 6.45) is 0.897. The molecule has 0 atom stereocenters. The fraction of sp³-hybridized carbons (Fsp3) is 0.364. The minimum Gasteiger partial charge on any atom is -0.325 e. The number of rotatable bonds is 6. The molecule has 30 heavy (non-hydrogen) atoms. The standard InChI is InChI=1S/C22H27N3O4S/c1-6-15-7-9-16(10-8-15)23-20(26)14-24(4)30(28,29)17-11-12-19-18(13-17)22(2,3)21(27)25(19)5/h7-13H,6,14H2,1-5H3,(H,23,26). The van der Waals surface area contributed by atoms with E-state index in [0.29, 0.717) is 16.9 Å². The van der Waals surface area contributed by atoms with Crippen molar-refractivity contribution < 1.29 is 18.0 Å². The van der Waals surface area contributed by atoms with Crippen molar-refractivity contribution in [2.24, 2.45) is 0 Å². The minimum absolute atomic E-state index is 0.0556. The van der Waals surface area contributed by atoms with Gasteiger partial charge in [-0.2, -0.15) is 4.31 Å². The Bertz CT molecular complexity index is 1090. The van der Waals surface area contributed by atoms with Gasteiger partial charge in [0.25, 0.3) is 0 Å². The summed E-state index contributed by atoms with van der Waals surface area (Å²) < 4.78 is 27.1. The Hall–Kier alpha value is -2.71. The summed E-state index contributed by atoms with van der Waals surface area (Å²) in [5, 5.41) is 2.72. The van der Waals surface area contributed by atoms with Crippen LogP contribution in [-0.2, 0) is 31.4 Å². The number of hydrogen-bond acceptors (Lipinski definition) is 4. The van der Waals surface area contributed by atoms with Crippen molar-refractivity contribution >= 4 is 33.2 Å². The molecular formula is C22H27N3O4S. The van der Waals surface area contributed by atoms with Gasteiger partial charge >= 0.3 is 0 Å². The highest BCUT2D eigenvalue weighted by molar-refractivity contribution is 7.89. The molecule has 2 amide bonds. The predicted octanol–water partition coefficient (Wildman–Crippen LogP) is 2.76. The summed E-state index contributed by atoms with van der Waals surface area (Å²) in [7, 11) is -0.861. The number of nitrogens with one attached hydrogen (secondary N) is 1. The Balaban J connectivity index is 1.77. The van der Waals surface area contributed by atoms with Gasteiger partial charge in [-0.3, -0.25) is 9.59 Å². The third-order valence-electron chi connectivity index (χ3n) is 5.56. The Morgan fingerprint density at radius 3 is 2.37 bits per heavy atom. The maximum absolute atomic E-state index is 13.0. The molecule has 7 nitrogen and oxygen atoms in total. The summed E-state index contributed by atoms with van der Waals surface area (Å²) in [5.74, 6) is -0.518. The molecule has 0 radical (unpaired) electrons. The van der Waals surface area contributed by atoms with Crippen LogP contribution >= 0.6 is 0 Å². The second-order valence-corrected chi connectivity index (χ2v) is 10.1. The highest BCUT2D eigenvalue weighted by Crippen LogP contribution is 2.41. The van der Waals surface area contributed by atoms with Gasteiger partial charge in [0.1, 0.15) is 0 Å². The van der Waals surface area contributed by atoms with Gasteiger partial charge in [0.15, 0.2) is 0 Å². The molecule has 0 aliphatic carbocycles. The van der Waals surface area contributed by atoms with Gasteiger partial charge in [0.05, 0.1) is 16.9 Å². The molecule has 0 fully saturated rings. The Kier molecular flexibility index (Phi) is 5.75. The number of carbonyl (C=O) groups is 2. The number of hydrogen-bond donors (Lipinski definition) is 1. The number of amides is 2. The molecule has 0 saturated heterocycles. The highest BCUT2D eigenvalue weighted by atomic mass is 32.2. The van der Waals surface area contributed by atoms with Crippen molar-refractivity contribution in [3.63, 3.8) is 0 Å². The van der Waals surface area contributed by atoms with Crippen LogP contribution in [-0.4, -0.2) is 45.2 Å². The zero-order valence-corrected chi connectivity index (χ0v) is 18.7. The lowest BCUT2D eigenvalue weighted by Gasteiger charge is -2.19. The number of benzene rings is 2. The zero-order valence-electron chi connectivity index (χ0n) is 17.9. The van der Waals surface area contributed by atoms with E-state index >= 15 is 0 Å². The van der Waals surface area contributed by atoms with E-state index in [9.17, 15) is 18.0 Å². The van der Waals surface area contributed by atoms with E-state index in [4.69, 9.17) is 0 Å². The molecule has 0 unspecified atom stereocenters. The molecule has 1 heterocycles. The number of anilines is 2. The second-order valence-electron chi connectivity index (χ2n) is 8.03. The van der Waals surface area contributed by atoms with Crippen LogP contribution < -0.4 is 10.2 Å². The van der Waals surface area contributed by atoms with Gasteiger partial charge in [-0.1, -0.05) is 19.1 Å². The van der Waals surface area contributed by atoms with Crippen LogP contribution in [0.2, 0.25) is 0 Å². The van der Waals surface area contributed by atoms with Gasteiger partial charge in [-0.25, -0.2) is 8.42 Å². The first kappa shape index (κ1) is 22.0. The lowest BCUT2D eigenvalue weighted by atomic mass is 9.86. The van der Waals surface area contributed by atoms with Crippen LogP contribution in [0.15, 0.2) is 47.4 Å². The summed E-state index contributed by atoms with van der Waals surface area (Å²) >= 11 is 0. The fourth-order valence-corrected chi connectivity index (χ4v) is 4.76. The lowest BCUT2D eigenvalue weighted by Crippen LogP contribution is -2.35. The van der Waals surface area contributed by atoms with Crippen molar-refractivity contribution in [3.05, 3.63) is 53.6 Å². The first-order valence-corrected chi connectivity index (χ1v) is 11.2. The topological polar surface area (TPSA) is 86.8 Å². The number of sulfonamides is 1. The number of aryl methyl sites for hydroxylation is 1. The van der Waals surface area contributed by atoms with E-state index in [2.05, 4.69) is 5.32 Å². The number of likely N-dealkylation sites (N-methyl/N-ethyl adjacent to an activating group) is 2. The quantitative estimate of drug-likeness (QED) is 0.765. The molecule has 1 aliphatic heterocycles. The van der Waals surface area contributed by atoms with Crippen LogP contribution in [0.25, 0.3) is 0 Å². The van der Waals surface area contributed by atoms with Crippen molar-refractivity contribution in [1.82, 2.24) is 4.31 Å². The van der Waals surface area contributed by atoms with Crippen molar-refractivity contribution in [1.29, 1.82) is 0 Å². The monoisotopic (exact) mass is 429 g/mol. The Labute approximate surface area is 177 Å². The molecule has 0 aromatic heterocycles. The normalized spacial score (nSPS) is 15.4. The van der Waals surface area contributed by atoms with Gasteiger partial charge < -0.3 is 10.2 Å². The summed E-state index contributed by atoms with van der Waals surface area (Å²) in [4.78, 5) is 26.4.